The highest BCUT2D eigenvalue weighted by Gasteiger charge is 2.27. The van der Waals surface area contributed by atoms with Gasteiger partial charge in [-0.05, 0) is 73.0 Å². The molecular weight excluding hydrogens is 694 g/mol. The van der Waals surface area contributed by atoms with Gasteiger partial charge in [0.05, 0.1) is 25.7 Å². The van der Waals surface area contributed by atoms with Gasteiger partial charge in [-0.1, -0.05) is 206 Å². The summed E-state index contributed by atoms with van der Waals surface area (Å²) in [6.45, 7) is 18.3. The van der Waals surface area contributed by atoms with Gasteiger partial charge in [-0.3, -0.25) is 0 Å². The second-order valence-corrected chi connectivity index (χ2v) is 19.0. The lowest BCUT2D eigenvalue weighted by atomic mass is 10.0. The van der Waals surface area contributed by atoms with Gasteiger partial charge in [0, 0.05) is 12.1 Å². The Morgan fingerprint density at radius 3 is 0.964 bits per heavy atom. The van der Waals surface area contributed by atoms with Crippen molar-refractivity contribution < 1.29 is 9.05 Å². The Labute approximate surface area is 348 Å². The zero-order valence-electron chi connectivity index (χ0n) is 38.5. The van der Waals surface area contributed by atoms with E-state index in [0.717, 1.165) is 13.0 Å². The van der Waals surface area contributed by atoms with E-state index in [9.17, 15) is 0 Å². The molecule has 328 valence electrons. The van der Waals surface area contributed by atoms with Crippen molar-refractivity contribution in [2.24, 2.45) is 0 Å². The van der Waals surface area contributed by atoms with Crippen LogP contribution in [0.25, 0.3) is 0 Å². The second-order valence-electron chi connectivity index (χ2n) is 17.5. The van der Waals surface area contributed by atoms with Crippen LogP contribution in [-0.4, -0.2) is 54.5 Å². The molecule has 1 unspecified atom stereocenters. The van der Waals surface area contributed by atoms with Gasteiger partial charge in [-0.2, -0.15) is 5.26 Å². The van der Waals surface area contributed by atoms with Gasteiger partial charge in [0.15, 0.2) is 0 Å². The normalized spacial score (nSPS) is 12.5. The van der Waals surface area contributed by atoms with E-state index in [-0.39, 0.29) is 0 Å². The standard InChI is InChI=1S/C49H100N3O2P/c1-7-9-11-13-15-17-19-21-23-25-27-29-31-33-35-37-43-51(44-38-36-34-32-30-28-26-24-22-20-18-16-14-12-10-8-2)45-39-40-46-53-55(54-47-41-42-50)52(48(3)4)49(5)6/h48-49H,7-41,43-47H2,1-6H3. The van der Waals surface area contributed by atoms with E-state index in [1.807, 2.05) is 0 Å². The molecule has 0 aliphatic heterocycles. The first kappa shape index (κ1) is 54.8. The van der Waals surface area contributed by atoms with Crippen molar-refractivity contribution in [1.82, 2.24) is 9.57 Å². The molecule has 0 rings (SSSR count). The number of nitriles is 1. The molecule has 0 fully saturated rings. The average molecular weight is 794 g/mol. The maximum Gasteiger partial charge on any atom is 0.259 e. The lowest BCUT2D eigenvalue weighted by molar-refractivity contribution is 0.171. The van der Waals surface area contributed by atoms with Gasteiger partial charge in [0.1, 0.15) is 0 Å². The molecule has 0 aromatic carbocycles. The Kier molecular flexibility index (Phi) is 44.7. The van der Waals surface area contributed by atoms with Crippen molar-refractivity contribution in [2.45, 2.75) is 278 Å². The number of hydrogen-bond acceptors (Lipinski definition) is 5. The number of hydrogen-bond donors (Lipinski definition) is 0. The van der Waals surface area contributed by atoms with Gasteiger partial charge in [-0.15, -0.1) is 0 Å². The summed E-state index contributed by atoms with van der Waals surface area (Å²) in [5.74, 6) is 0. The lowest BCUT2D eigenvalue weighted by Gasteiger charge is -2.35. The summed E-state index contributed by atoms with van der Waals surface area (Å²) in [6, 6.07) is 2.91. The van der Waals surface area contributed by atoms with Gasteiger partial charge in [0.2, 0.25) is 0 Å². The molecule has 6 heteroatoms. The Balaban J connectivity index is 4.35. The molecule has 5 nitrogen and oxygen atoms in total. The SMILES string of the molecule is CCCCCCCCCCCCCCCCCCN(CCCCCCCCCCCCCCCCCC)CCCCOP(OCCC#N)N(C(C)C)C(C)C. The monoisotopic (exact) mass is 794 g/mol. The van der Waals surface area contributed by atoms with Crippen LogP contribution < -0.4 is 0 Å². The van der Waals surface area contributed by atoms with E-state index in [4.69, 9.17) is 14.3 Å². The summed E-state index contributed by atoms with van der Waals surface area (Å²) >= 11 is 0. The zero-order chi connectivity index (χ0) is 40.3. The molecule has 0 saturated carbocycles. The van der Waals surface area contributed by atoms with Crippen molar-refractivity contribution >= 4 is 8.53 Å². The van der Waals surface area contributed by atoms with Crippen molar-refractivity contribution in [3.63, 3.8) is 0 Å². The molecule has 0 bridgehead atoms. The third-order valence-electron chi connectivity index (χ3n) is 11.4. The van der Waals surface area contributed by atoms with E-state index in [2.05, 4.69) is 57.2 Å². The first-order valence-corrected chi connectivity index (χ1v) is 26.0. The van der Waals surface area contributed by atoms with Crippen molar-refractivity contribution in [2.75, 3.05) is 32.8 Å². The zero-order valence-corrected chi connectivity index (χ0v) is 39.4. The molecule has 0 aromatic rings. The largest absolute Gasteiger partial charge is 0.322 e. The Hall–Kier alpha value is -0.240. The summed E-state index contributed by atoms with van der Waals surface area (Å²) in [5.41, 5.74) is 0. The minimum absolute atomic E-state index is 0.350. The van der Waals surface area contributed by atoms with Crippen LogP contribution in [0.4, 0.5) is 0 Å². The van der Waals surface area contributed by atoms with E-state index >= 15 is 0 Å². The second kappa shape index (κ2) is 44.9. The maximum absolute atomic E-state index is 9.03. The molecular formula is C49H100N3O2P. The van der Waals surface area contributed by atoms with Gasteiger partial charge in [-0.25, -0.2) is 4.67 Å². The Morgan fingerprint density at radius 2 is 0.673 bits per heavy atom. The van der Waals surface area contributed by atoms with Gasteiger partial charge in [0.25, 0.3) is 8.53 Å². The van der Waals surface area contributed by atoms with Crippen LogP contribution in [0.1, 0.15) is 266 Å². The summed E-state index contributed by atoms with van der Waals surface area (Å²) < 4.78 is 14.8. The molecule has 0 N–H and O–H groups in total. The third-order valence-corrected chi connectivity index (χ3v) is 13.5. The van der Waals surface area contributed by atoms with E-state index in [1.165, 1.54) is 232 Å². The summed E-state index contributed by atoms with van der Waals surface area (Å²) in [4.78, 5) is 2.77. The highest BCUT2D eigenvalue weighted by molar-refractivity contribution is 7.44. The fourth-order valence-electron chi connectivity index (χ4n) is 8.00. The van der Waals surface area contributed by atoms with Crippen LogP contribution in [0, 0.1) is 11.3 Å². The highest BCUT2D eigenvalue weighted by Crippen LogP contribution is 2.46. The van der Waals surface area contributed by atoms with Gasteiger partial charge < -0.3 is 13.9 Å². The number of nitrogens with zero attached hydrogens (tertiary/aromatic N) is 3. The Morgan fingerprint density at radius 1 is 0.400 bits per heavy atom. The van der Waals surface area contributed by atoms with Crippen LogP contribution in [0.15, 0.2) is 0 Å². The topological polar surface area (TPSA) is 48.7 Å². The van der Waals surface area contributed by atoms with Crippen molar-refractivity contribution in [3.05, 3.63) is 0 Å². The van der Waals surface area contributed by atoms with Crippen LogP contribution in [-0.2, 0) is 9.05 Å². The summed E-state index contributed by atoms with van der Waals surface area (Å²) in [6.07, 6.45) is 48.5. The molecule has 0 aliphatic carbocycles. The van der Waals surface area contributed by atoms with Crippen LogP contribution in [0.3, 0.4) is 0 Å². The molecule has 0 radical (unpaired) electrons. The summed E-state index contributed by atoms with van der Waals surface area (Å²) in [5, 5.41) is 9.03. The van der Waals surface area contributed by atoms with Crippen molar-refractivity contribution in [3.8, 4) is 6.07 Å². The molecule has 55 heavy (non-hydrogen) atoms. The predicted octanol–water partition coefficient (Wildman–Crippen LogP) is 16.9. The lowest BCUT2D eigenvalue weighted by Crippen LogP contribution is -2.33. The predicted molar refractivity (Wildman–Crippen MR) is 246 cm³/mol. The third kappa shape index (κ3) is 39.0. The smallest absolute Gasteiger partial charge is 0.259 e. The highest BCUT2D eigenvalue weighted by atomic mass is 31.2. The first-order chi connectivity index (χ1) is 27.0. The maximum atomic E-state index is 9.03. The van der Waals surface area contributed by atoms with Gasteiger partial charge >= 0.3 is 0 Å². The summed E-state index contributed by atoms with van der Waals surface area (Å²) in [7, 11) is -1.13. The van der Waals surface area contributed by atoms with Crippen molar-refractivity contribution in [1.29, 1.82) is 5.26 Å². The van der Waals surface area contributed by atoms with Crippen LogP contribution >= 0.6 is 8.53 Å². The minimum Gasteiger partial charge on any atom is -0.322 e. The molecule has 0 aliphatic rings. The minimum atomic E-state index is -1.13. The first-order valence-electron chi connectivity index (χ1n) is 24.9. The van der Waals surface area contributed by atoms with E-state index in [1.54, 1.807) is 0 Å². The quantitative estimate of drug-likeness (QED) is 0.0454. The Bertz CT molecular complexity index is 732. The molecule has 0 spiro atoms. The van der Waals surface area contributed by atoms with Crippen LogP contribution in [0.5, 0.6) is 0 Å². The fraction of sp³-hybridized carbons (Fsp3) is 0.980. The molecule has 0 heterocycles. The molecule has 1 atom stereocenters. The number of unbranched alkanes of at least 4 members (excludes halogenated alkanes) is 31. The molecule has 0 aromatic heterocycles. The molecule has 0 saturated heterocycles. The van der Waals surface area contributed by atoms with Crippen LogP contribution in [0.2, 0.25) is 0 Å². The fourth-order valence-corrected chi connectivity index (χ4v) is 9.62. The average Bonchev–Trinajstić information content (AvgIpc) is 3.16. The molecule has 0 amide bonds. The van der Waals surface area contributed by atoms with E-state index < -0.39 is 8.53 Å². The number of rotatable bonds is 46. The van der Waals surface area contributed by atoms with E-state index in [0.29, 0.717) is 25.1 Å².